The molecule has 2 aromatic carbocycles. The van der Waals surface area contributed by atoms with Crippen LogP contribution in [0.4, 0.5) is 0 Å². The van der Waals surface area contributed by atoms with Crippen molar-refractivity contribution in [3.05, 3.63) is 60.4 Å². The number of rotatable bonds is 7. The van der Waals surface area contributed by atoms with Crippen LogP contribution in [0.2, 0.25) is 0 Å². The minimum absolute atomic E-state index is 0.284. The monoisotopic (exact) mass is 343 g/mol. The summed E-state index contributed by atoms with van der Waals surface area (Å²) in [5.74, 6) is 0.911. The molecule has 0 radical (unpaired) electrons. The van der Waals surface area contributed by atoms with Crippen LogP contribution in [0.25, 0.3) is 11.0 Å². The highest BCUT2D eigenvalue weighted by molar-refractivity contribution is 7.89. The van der Waals surface area contributed by atoms with Gasteiger partial charge in [-0.05, 0) is 30.7 Å². The van der Waals surface area contributed by atoms with Gasteiger partial charge in [-0.3, -0.25) is 0 Å². The summed E-state index contributed by atoms with van der Waals surface area (Å²) in [4.78, 5) is 4.94. The Hall–Kier alpha value is -2.18. The molecule has 0 aliphatic heterocycles. The van der Waals surface area contributed by atoms with Crippen molar-refractivity contribution >= 4 is 21.1 Å². The van der Waals surface area contributed by atoms with Crippen molar-refractivity contribution in [2.45, 2.75) is 31.2 Å². The van der Waals surface area contributed by atoms with Crippen LogP contribution in [0.15, 0.2) is 59.5 Å². The molecule has 0 bridgehead atoms. The van der Waals surface area contributed by atoms with Gasteiger partial charge >= 0.3 is 0 Å². The van der Waals surface area contributed by atoms with Crippen LogP contribution in [0, 0.1) is 0 Å². The third kappa shape index (κ3) is 3.49. The zero-order valence-electron chi connectivity index (χ0n) is 13.6. The van der Waals surface area contributed by atoms with E-state index in [0.717, 1.165) is 29.8 Å². The van der Waals surface area contributed by atoms with Crippen LogP contribution < -0.4 is 4.72 Å². The largest absolute Gasteiger partial charge is 0.328 e. The highest BCUT2D eigenvalue weighted by Crippen LogP contribution is 2.17. The number of aromatic nitrogens is 2. The lowest BCUT2D eigenvalue weighted by Crippen LogP contribution is -2.26. The molecule has 0 aliphatic carbocycles. The van der Waals surface area contributed by atoms with Gasteiger partial charge in [0.25, 0.3) is 0 Å². The maximum atomic E-state index is 12.3. The van der Waals surface area contributed by atoms with Gasteiger partial charge in [0.05, 0.1) is 15.9 Å². The summed E-state index contributed by atoms with van der Waals surface area (Å²) >= 11 is 0. The SMILES string of the molecule is CCCn1c(CCNS(=O)(=O)c2ccccc2)nc2ccccc21. The number of benzene rings is 2. The second-order valence-corrected chi connectivity index (χ2v) is 7.40. The van der Waals surface area contributed by atoms with Gasteiger partial charge in [0, 0.05) is 19.5 Å². The molecule has 1 aromatic heterocycles. The van der Waals surface area contributed by atoms with Gasteiger partial charge in [-0.1, -0.05) is 37.3 Å². The number of para-hydroxylation sites is 2. The second-order valence-electron chi connectivity index (χ2n) is 5.63. The zero-order chi connectivity index (χ0) is 17.0. The van der Waals surface area contributed by atoms with Crippen molar-refractivity contribution in [2.24, 2.45) is 0 Å². The quantitative estimate of drug-likeness (QED) is 0.717. The molecule has 0 saturated heterocycles. The summed E-state index contributed by atoms with van der Waals surface area (Å²) in [7, 11) is -3.47. The zero-order valence-corrected chi connectivity index (χ0v) is 14.5. The Balaban J connectivity index is 1.75. The lowest BCUT2D eigenvalue weighted by Gasteiger charge is -2.09. The fraction of sp³-hybridized carbons (Fsp3) is 0.278. The van der Waals surface area contributed by atoms with Crippen LogP contribution in [-0.4, -0.2) is 24.5 Å². The van der Waals surface area contributed by atoms with E-state index in [9.17, 15) is 8.42 Å². The minimum Gasteiger partial charge on any atom is -0.328 e. The predicted molar refractivity (Wildman–Crippen MR) is 95.4 cm³/mol. The Bertz CT molecular complexity index is 918. The first kappa shape index (κ1) is 16.7. The molecule has 1 heterocycles. The van der Waals surface area contributed by atoms with Crippen LogP contribution in [-0.2, 0) is 23.0 Å². The Morgan fingerprint density at radius 2 is 1.75 bits per heavy atom. The molecular weight excluding hydrogens is 322 g/mol. The summed E-state index contributed by atoms with van der Waals surface area (Å²) in [5.41, 5.74) is 2.05. The minimum atomic E-state index is -3.47. The summed E-state index contributed by atoms with van der Waals surface area (Å²) in [5, 5.41) is 0. The lowest BCUT2D eigenvalue weighted by molar-refractivity contribution is 0.578. The number of sulfonamides is 1. The molecule has 0 atom stereocenters. The van der Waals surface area contributed by atoms with E-state index in [1.807, 2.05) is 18.2 Å². The van der Waals surface area contributed by atoms with E-state index in [1.165, 1.54) is 0 Å². The van der Waals surface area contributed by atoms with Crippen molar-refractivity contribution in [1.29, 1.82) is 0 Å². The molecular formula is C18H21N3O2S. The summed E-state index contributed by atoms with van der Waals surface area (Å²) in [6.07, 6.45) is 1.56. The molecule has 3 aromatic rings. The Morgan fingerprint density at radius 3 is 2.50 bits per heavy atom. The number of nitrogens with zero attached hydrogens (tertiary/aromatic N) is 2. The van der Waals surface area contributed by atoms with Crippen LogP contribution in [0.5, 0.6) is 0 Å². The Labute approximate surface area is 142 Å². The van der Waals surface area contributed by atoms with Crippen molar-refractivity contribution in [1.82, 2.24) is 14.3 Å². The van der Waals surface area contributed by atoms with Crippen LogP contribution in [0.3, 0.4) is 0 Å². The smallest absolute Gasteiger partial charge is 0.240 e. The van der Waals surface area contributed by atoms with Gasteiger partial charge in [-0.15, -0.1) is 0 Å². The van der Waals surface area contributed by atoms with E-state index in [1.54, 1.807) is 30.3 Å². The lowest BCUT2D eigenvalue weighted by atomic mass is 10.3. The van der Waals surface area contributed by atoms with E-state index in [0.29, 0.717) is 13.0 Å². The van der Waals surface area contributed by atoms with E-state index < -0.39 is 10.0 Å². The highest BCUT2D eigenvalue weighted by Gasteiger charge is 2.14. The highest BCUT2D eigenvalue weighted by atomic mass is 32.2. The average molecular weight is 343 g/mol. The van der Waals surface area contributed by atoms with E-state index in [4.69, 9.17) is 0 Å². The number of hydrogen-bond donors (Lipinski definition) is 1. The standard InChI is InChI=1S/C18H21N3O2S/c1-2-14-21-17-11-7-6-10-16(17)20-18(21)12-13-19-24(22,23)15-8-4-3-5-9-15/h3-11,19H,2,12-14H2,1H3. The van der Waals surface area contributed by atoms with E-state index >= 15 is 0 Å². The van der Waals surface area contributed by atoms with Crippen LogP contribution >= 0.6 is 0 Å². The topological polar surface area (TPSA) is 64.0 Å². The average Bonchev–Trinajstić information content (AvgIpc) is 2.94. The van der Waals surface area contributed by atoms with Gasteiger partial charge in [0.1, 0.15) is 5.82 Å². The van der Waals surface area contributed by atoms with Crippen LogP contribution in [0.1, 0.15) is 19.2 Å². The molecule has 0 fully saturated rings. The molecule has 126 valence electrons. The third-order valence-electron chi connectivity index (χ3n) is 3.88. The maximum absolute atomic E-state index is 12.3. The molecule has 1 N–H and O–H groups in total. The van der Waals surface area contributed by atoms with Gasteiger partial charge in [-0.2, -0.15) is 0 Å². The normalized spacial score (nSPS) is 11.9. The molecule has 0 amide bonds. The van der Waals surface area contributed by atoms with Gasteiger partial charge < -0.3 is 4.57 Å². The fourth-order valence-electron chi connectivity index (χ4n) is 2.77. The van der Waals surface area contributed by atoms with Crippen molar-refractivity contribution in [2.75, 3.05) is 6.54 Å². The number of imidazole rings is 1. The number of hydrogen-bond acceptors (Lipinski definition) is 3. The van der Waals surface area contributed by atoms with Crippen molar-refractivity contribution in [3.8, 4) is 0 Å². The predicted octanol–water partition coefficient (Wildman–Crippen LogP) is 2.97. The molecule has 24 heavy (non-hydrogen) atoms. The molecule has 0 saturated carbocycles. The maximum Gasteiger partial charge on any atom is 0.240 e. The van der Waals surface area contributed by atoms with E-state index in [-0.39, 0.29) is 4.90 Å². The van der Waals surface area contributed by atoms with Crippen molar-refractivity contribution < 1.29 is 8.42 Å². The second kappa shape index (κ2) is 7.15. The van der Waals surface area contributed by atoms with E-state index in [2.05, 4.69) is 27.3 Å². The molecule has 5 nitrogen and oxygen atoms in total. The molecule has 0 aliphatic rings. The van der Waals surface area contributed by atoms with Crippen molar-refractivity contribution in [3.63, 3.8) is 0 Å². The van der Waals surface area contributed by atoms with Gasteiger partial charge in [0.2, 0.25) is 10.0 Å². The Kier molecular flexibility index (Phi) is 4.97. The Morgan fingerprint density at radius 1 is 1.04 bits per heavy atom. The van der Waals surface area contributed by atoms with Gasteiger partial charge in [0.15, 0.2) is 0 Å². The number of aryl methyl sites for hydroxylation is 1. The first-order valence-corrected chi connectivity index (χ1v) is 9.59. The first-order chi connectivity index (χ1) is 11.6. The number of fused-ring (bicyclic) bond motifs is 1. The number of nitrogens with one attached hydrogen (secondary N) is 1. The third-order valence-corrected chi connectivity index (χ3v) is 5.35. The fourth-order valence-corrected chi connectivity index (χ4v) is 3.82. The summed E-state index contributed by atoms with van der Waals surface area (Å²) < 4.78 is 29.4. The molecule has 0 spiro atoms. The molecule has 0 unspecified atom stereocenters. The summed E-state index contributed by atoms with van der Waals surface area (Å²) in [6, 6.07) is 16.4. The molecule has 3 rings (SSSR count). The summed E-state index contributed by atoms with van der Waals surface area (Å²) in [6.45, 7) is 3.32. The first-order valence-electron chi connectivity index (χ1n) is 8.10. The van der Waals surface area contributed by atoms with Gasteiger partial charge in [-0.25, -0.2) is 18.1 Å². The molecule has 6 heteroatoms.